The summed E-state index contributed by atoms with van der Waals surface area (Å²) in [4.78, 5) is 49.2. The number of hydrogen-bond donors (Lipinski definition) is 5. The van der Waals surface area contributed by atoms with Crippen LogP contribution in [-0.2, 0) is 41.9 Å². The van der Waals surface area contributed by atoms with Crippen LogP contribution in [0.5, 0.6) is 0 Å². The van der Waals surface area contributed by atoms with Gasteiger partial charge in [0.15, 0.2) is 11.6 Å². The number of aliphatic hydroxyl groups excluding tert-OH is 1. The van der Waals surface area contributed by atoms with Crippen LogP contribution in [0.15, 0.2) is 170 Å². The predicted octanol–water partition coefficient (Wildman–Crippen LogP) is 9.32. The fourth-order valence-electron chi connectivity index (χ4n) is 8.11. The zero-order valence-electron chi connectivity index (χ0n) is 50.8. The number of benzene rings is 5. The molecule has 0 aliphatic heterocycles. The molecule has 0 bridgehead atoms. The summed E-state index contributed by atoms with van der Waals surface area (Å²) in [5, 5.41) is 68.5. The van der Waals surface area contributed by atoms with E-state index in [4.69, 9.17) is 14.7 Å². The number of aromatic nitrogens is 8. The van der Waals surface area contributed by atoms with Crippen molar-refractivity contribution in [2.24, 2.45) is 0 Å². The molecule has 7 aromatic rings. The molecule has 7 rings (SSSR count). The van der Waals surface area contributed by atoms with Crippen molar-refractivity contribution in [3.8, 4) is 18.2 Å². The van der Waals surface area contributed by atoms with Gasteiger partial charge in [0, 0.05) is 0 Å². The van der Waals surface area contributed by atoms with E-state index in [-0.39, 0.29) is 57.3 Å². The van der Waals surface area contributed by atoms with E-state index in [0.717, 1.165) is 55.5 Å². The van der Waals surface area contributed by atoms with Crippen molar-refractivity contribution in [3.63, 3.8) is 0 Å². The highest BCUT2D eigenvalue weighted by Crippen LogP contribution is 2.25. The molecule has 22 nitrogen and oxygen atoms in total. The lowest BCUT2D eigenvalue weighted by atomic mass is 10.0. The minimum absolute atomic E-state index is 0.0138. The monoisotopic (exact) mass is 1280 g/mol. The number of rotatable bonds is 27. The van der Waals surface area contributed by atoms with E-state index in [1.807, 2.05) is 164 Å². The molecule has 4 amide bonds. The molecule has 3 unspecified atom stereocenters. The summed E-state index contributed by atoms with van der Waals surface area (Å²) in [5.41, 5.74) is 0.580. The maximum absolute atomic E-state index is 13.1. The Bertz CT molecular complexity index is 3480. The Morgan fingerprint density at radius 3 is 1.12 bits per heavy atom. The van der Waals surface area contributed by atoms with Crippen molar-refractivity contribution in [2.45, 2.75) is 114 Å². The number of ether oxygens (including phenoxy) is 2. The summed E-state index contributed by atoms with van der Waals surface area (Å²) in [6.07, 6.45) is -0.406. The fourth-order valence-corrected chi connectivity index (χ4v) is 8.11. The van der Waals surface area contributed by atoms with Crippen LogP contribution in [0.2, 0.25) is 0 Å². The van der Waals surface area contributed by atoms with E-state index in [1.165, 1.54) is 9.36 Å². The normalized spacial score (nSPS) is 13.3. The molecular formula is C65H67F6N15O7. The maximum atomic E-state index is 13.1. The van der Waals surface area contributed by atoms with E-state index >= 15 is 0 Å². The number of tetrazole rings is 2. The number of nitrogens with one attached hydrogen (secondary N) is 4. The summed E-state index contributed by atoms with van der Waals surface area (Å²) in [6, 6.07) is 49.4. The van der Waals surface area contributed by atoms with E-state index < -0.39 is 77.3 Å². The number of amides is 4. The average Bonchev–Trinajstić information content (AvgIpc) is 1.81. The van der Waals surface area contributed by atoms with Gasteiger partial charge in [0.25, 0.3) is 0 Å². The molecule has 0 aliphatic rings. The van der Waals surface area contributed by atoms with Gasteiger partial charge in [0.2, 0.25) is 11.8 Å². The molecule has 2 aromatic heterocycles. The molecule has 0 saturated carbocycles. The lowest BCUT2D eigenvalue weighted by Gasteiger charge is -2.28. The van der Waals surface area contributed by atoms with Gasteiger partial charge in [-0.25, -0.2) is 9.36 Å². The molecule has 0 fully saturated rings. The molecular weight excluding hydrogens is 1220 g/mol. The smallest absolute Gasteiger partial charge is 0.388 e. The SMILES string of the molecule is CC(C)(NC(=O)C(F)(F)F)C(=O)N[C@H](COCc1ccccc1)c1nnnn1C(/C=C/c1ccccc1)CC#N.CC(C)(NC(=O)C(F)(F)F)C(=O)N[C@H](COCc1ccccc1)c1nnnn1C(/C=C/c1ccccc1)CC#N.N#CCC(O)/C=C/c1ccccc1. The largest absolute Gasteiger partial charge is 0.471 e. The average molecular weight is 1280 g/mol. The molecule has 0 spiro atoms. The first kappa shape index (κ1) is 73.0. The van der Waals surface area contributed by atoms with Crippen molar-refractivity contribution < 1.29 is 60.1 Å². The first-order valence-electron chi connectivity index (χ1n) is 28.5. The van der Waals surface area contributed by atoms with Crippen LogP contribution in [0.4, 0.5) is 26.3 Å². The molecule has 5 aromatic carbocycles. The molecule has 93 heavy (non-hydrogen) atoms. The Hall–Kier alpha value is -10.7. The third-order valence-electron chi connectivity index (χ3n) is 13.0. The third-order valence-corrected chi connectivity index (χ3v) is 13.0. The Labute approximate surface area is 532 Å². The Balaban J connectivity index is 0.000000282. The molecule has 0 saturated heterocycles. The van der Waals surface area contributed by atoms with Crippen molar-refractivity contribution >= 4 is 41.9 Å². The third kappa shape index (κ3) is 24.9. The molecule has 28 heteroatoms. The predicted molar refractivity (Wildman–Crippen MR) is 327 cm³/mol. The molecule has 5 N–H and O–H groups in total. The van der Waals surface area contributed by atoms with Crippen molar-refractivity contribution in [2.75, 3.05) is 13.2 Å². The molecule has 0 radical (unpaired) electrons. The van der Waals surface area contributed by atoms with Gasteiger partial charge in [-0.2, -0.15) is 42.1 Å². The van der Waals surface area contributed by atoms with Crippen molar-refractivity contribution in [3.05, 3.63) is 209 Å². The number of carbonyl (C=O) groups excluding carboxylic acids is 4. The molecule has 2 heterocycles. The maximum Gasteiger partial charge on any atom is 0.471 e. The molecule has 0 aliphatic carbocycles. The summed E-state index contributed by atoms with van der Waals surface area (Å²) >= 11 is 0. The van der Waals surface area contributed by atoms with Crippen LogP contribution in [0.3, 0.4) is 0 Å². The van der Waals surface area contributed by atoms with Gasteiger partial charge in [-0.1, -0.05) is 188 Å². The van der Waals surface area contributed by atoms with Gasteiger partial charge in [-0.3, -0.25) is 19.2 Å². The van der Waals surface area contributed by atoms with E-state index in [9.17, 15) is 61.2 Å². The second kappa shape index (κ2) is 36.2. The van der Waals surface area contributed by atoms with Crippen molar-refractivity contribution in [1.29, 1.82) is 15.8 Å². The summed E-state index contributed by atoms with van der Waals surface area (Å²) in [6.45, 7) is 4.56. The Kier molecular flexibility index (Phi) is 28.4. The van der Waals surface area contributed by atoms with Gasteiger partial charge >= 0.3 is 24.2 Å². The second-order valence-corrected chi connectivity index (χ2v) is 21.3. The lowest BCUT2D eigenvalue weighted by Crippen LogP contribution is -2.58. The zero-order chi connectivity index (χ0) is 67.9. The van der Waals surface area contributed by atoms with Crippen LogP contribution in [-0.4, -0.2) is 112 Å². The molecule has 5 atom stereocenters. The highest BCUT2D eigenvalue weighted by Gasteiger charge is 2.45. The lowest BCUT2D eigenvalue weighted by molar-refractivity contribution is -0.176. The topological polar surface area (TPSA) is 314 Å². The number of allylic oxidation sites excluding steroid dienone is 2. The van der Waals surface area contributed by atoms with Crippen LogP contribution in [0.1, 0.15) is 111 Å². The summed E-state index contributed by atoms with van der Waals surface area (Å²) in [5.74, 6) is -6.15. The first-order chi connectivity index (χ1) is 44.3. The Morgan fingerprint density at radius 1 is 0.495 bits per heavy atom. The van der Waals surface area contributed by atoms with Crippen LogP contribution in [0.25, 0.3) is 18.2 Å². The van der Waals surface area contributed by atoms with Gasteiger partial charge in [-0.15, -0.1) is 10.2 Å². The van der Waals surface area contributed by atoms with Crippen LogP contribution in [0, 0.1) is 34.0 Å². The number of carbonyl (C=O) groups is 4. The quantitative estimate of drug-likeness (QED) is 0.0299. The highest BCUT2D eigenvalue weighted by molar-refractivity contribution is 5.93. The second-order valence-electron chi connectivity index (χ2n) is 21.3. The number of hydrogen-bond acceptors (Lipinski definition) is 16. The standard InChI is InChI=1S/2C27H28F3N7O3.C11H11NO/c2*1-26(2,33-25(39)27(28,29)30)24(38)32-22(18-40-17-20-11-7-4-8-12-20)23-34-35-36-37(23)21(15-16-31)14-13-19-9-5-3-6-10-19;12-9-8-11(13)7-6-10-4-2-1-3-5-10/h2*3-14,21-22H,15,17-18H2,1-2H3,(H,32,38)(H,33,39);1-7,11,13H,8H2/b2*14-13+;7-6+/t2*21?,22-;/m11./s1. The van der Waals surface area contributed by atoms with E-state index in [1.54, 1.807) is 41.0 Å². The van der Waals surface area contributed by atoms with Gasteiger partial charge in [-0.05, 0) is 76.4 Å². The van der Waals surface area contributed by atoms with E-state index in [0.29, 0.717) is 0 Å². The van der Waals surface area contributed by atoms with Gasteiger partial charge in [0.1, 0.15) is 23.2 Å². The van der Waals surface area contributed by atoms with Crippen LogP contribution >= 0.6 is 0 Å². The van der Waals surface area contributed by atoms with E-state index in [2.05, 4.69) is 53.8 Å². The van der Waals surface area contributed by atoms with Crippen molar-refractivity contribution in [1.82, 2.24) is 61.7 Å². The first-order valence-corrected chi connectivity index (χ1v) is 28.5. The van der Waals surface area contributed by atoms with Crippen LogP contribution < -0.4 is 21.3 Å². The summed E-state index contributed by atoms with van der Waals surface area (Å²) in [7, 11) is 0. The minimum atomic E-state index is -5.17. The number of halogens is 6. The number of nitriles is 3. The Morgan fingerprint density at radius 2 is 0.806 bits per heavy atom. The highest BCUT2D eigenvalue weighted by atomic mass is 19.4. The number of alkyl halides is 6. The summed E-state index contributed by atoms with van der Waals surface area (Å²) < 4.78 is 91.3. The van der Waals surface area contributed by atoms with Gasteiger partial charge in [0.05, 0.1) is 82.1 Å². The number of nitrogens with zero attached hydrogens (tertiary/aromatic N) is 11. The number of aliphatic hydroxyl groups is 1. The van der Waals surface area contributed by atoms with Gasteiger partial charge < -0.3 is 35.8 Å². The molecule has 486 valence electrons. The fraction of sp³-hybridized carbons (Fsp3) is 0.308. The minimum Gasteiger partial charge on any atom is -0.388 e. The zero-order valence-corrected chi connectivity index (χ0v) is 50.8.